The van der Waals surface area contributed by atoms with Crippen LogP contribution in [-0.4, -0.2) is 41.5 Å². The number of unbranched alkanes of at least 4 members (excludes halogenated alkanes) is 1. The lowest BCUT2D eigenvalue weighted by Gasteiger charge is -2.05. The Labute approximate surface area is 113 Å². The maximum absolute atomic E-state index is 11.7. The highest BCUT2D eigenvalue weighted by Crippen LogP contribution is 2.18. The van der Waals surface area contributed by atoms with Gasteiger partial charge in [0.05, 0.1) is 12.3 Å². The van der Waals surface area contributed by atoms with Crippen LogP contribution in [0.15, 0.2) is 6.33 Å². The number of sulfonamides is 1. The predicted octanol–water partition coefficient (Wildman–Crippen LogP) is -0.233. The third kappa shape index (κ3) is 5.66. The van der Waals surface area contributed by atoms with Gasteiger partial charge in [0.15, 0.2) is 5.82 Å². The van der Waals surface area contributed by atoms with E-state index in [9.17, 15) is 8.42 Å². The van der Waals surface area contributed by atoms with Gasteiger partial charge in [-0.05, 0) is 32.2 Å². The molecule has 2 N–H and O–H groups in total. The largest absolute Gasteiger partial charge is 0.314 e. The zero-order valence-electron chi connectivity index (χ0n) is 11.2. The van der Waals surface area contributed by atoms with Crippen LogP contribution in [0.4, 0.5) is 0 Å². The van der Waals surface area contributed by atoms with Crippen LogP contribution in [0.1, 0.15) is 31.5 Å². The molecule has 108 valence electrons. The van der Waals surface area contributed by atoms with Crippen molar-refractivity contribution < 1.29 is 8.42 Å². The minimum atomic E-state index is -3.22. The maximum Gasteiger partial charge on any atom is 0.212 e. The van der Waals surface area contributed by atoms with E-state index in [1.807, 2.05) is 0 Å². The first-order valence-corrected chi connectivity index (χ1v) is 8.26. The van der Waals surface area contributed by atoms with E-state index >= 15 is 0 Å². The number of hydrogen-bond acceptors (Lipinski definition) is 5. The highest BCUT2D eigenvalue weighted by Gasteiger charge is 2.19. The fourth-order valence-corrected chi connectivity index (χ4v) is 2.80. The van der Waals surface area contributed by atoms with Crippen LogP contribution in [0.5, 0.6) is 0 Å². The Morgan fingerprint density at radius 3 is 2.84 bits per heavy atom. The van der Waals surface area contributed by atoms with Crippen molar-refractivity contribution in [3.63, 3.8) is 0 Å². The molecule has 1 fully saturated rings. The summed E-state index contributed by atoms with van der Waals surface area (Å²) in [5, 5.41) is 7.38. The van der Waals surface area contributed by atoms with Gasteiger partial charge in [0.25, 0.3) is 0 Å². The van der Waals surface area contributed by atoms with Gasteiger partial charge in [-0.25, -0.2) is 18.1 Å². The van der Waals surface area contributed by atoms with Gasteiger partial charge < -0.3 is 5.32 Å². The number of hydrogen-bond donors (Lipinski definition) is 2. The van der Waals surface area contributed by atoms with Gasteiger partial charge in [-0.3, -0.25) is 4.68 Å². The zero-order chi connectivity index (χ0) is 13.7. The summed E-state index contributed by atoms with van der Waals surface area (Å²) in [4.78, 5) is 3.97. The molecular formula is C11H21N5O2S. The Morgan fingerprint density at radius 2 is 2.21 bits per heavy atom. The van der Waals surface area contributed by atoms with E-state index in [4.69, 9.17) is 0 Å². The lowest BCUT2D eigenvalue weighted by Crippen LogP contribution is -2.27. The summed E-state index contributed by atoms with van der Waals surface area (Å²) in [6.07, 6.45) is 5.63. The normalized spacial score (nSPS) is 15.8. The third-order valence-corrected chi connectivity index (χ3v) is 4.36. The van der Waals surface area contributed by atoms with Gasteiger partial charge >= 0.3 is 0 Å². The van der Waals surface area contributed by atoms with Crippen molar-refractivity contribution in [1.29, 1.82) is 0 Å². The topological polar surface area (TPSA) is 88.9 Å². The standard InChI is InChI=1S/C11H21N5O2S/c1-16-9-13-11(15-16)8-14-19(17,18)7-3-2-6-12-10-4-5-10/h9-10,12,14H,2-8H2,1H3. The molecule has 0 spiro atoms. The van der Waals surface area contributed by atoms with E-state index in [2.05, 4.69) is 20.1 Å². The molecule has 1 aliphatic carbocycles. The Bertz CT molecular complexity index is 495. The van der Waals surface area contributed by atoms with Gasteiger partial charge in [0.2, 0.25) is 10.0 Å². The second kappa shape index (κ2) is 6.44. The molecule has 0 aliphatic heterocycles. The monoisotopic (exact) mass is 287 g/mol. The molecule has 8 heteroatoms. The molecule has 0 saturated heterocycles. The maximum atomic E-state index is 11.7. The average molecular weight is 287 g/mol. The molecule has 1 heterocycles. The quantitative estimate of drug-likeness (QED) is 0.612. The van der Waals surface area contributed by atoms with Crippen molar-refractivity contribution in [3.05, 3.63) is 12.2 Å². The SMILES string of the molecule is Cn1cnc(CNS(=O)(=O)CCCCNC2CC2)n1. The van der Waals surface area contributed by atoms with E-state index in [0.717, 1.165) is 13.0 Å². The van der Waals surface area contributed by atoms with Crippen LogP contribution in [0, 0.1) is 0 Å². The van der Waals surface area contributed by atoms with Gasteiger partial charge in [-0.15, -0.1) is 0 Å². The molecule has 19 heavy (non-hydrogen) atoms. The highest BCUT2D eigenvalue weighted by molar-refractivity contribution is 7.89. The molecule has 1 saturated carbocycles. The van der Waals surface area contributed by atoms with Crippen molar-refractivity contribution in [2.24, 2.45) is 7.05 Å². The van der Waals surface area contributed by atoms with Gasteiger partial charge in [-0.1, -0.05) is 0 Å². The number of nitrogens with zero attached hydrogens (tertiary/aromatic N) is 3. The molecule has 0 atom stereocenters. The highest BCUT2D eigenvalue weighted by atomic mass is 32.2. The summed E-state index contributed by atoms with van der Waals surface area (Å²) in [5.41, 5.74) is 0. The Morgan fingerprint density at radius 1 is 1.42 bits per heavy atom. The first-order valence-electron chi connectivity index (χ1n) is 6.60. The summed E-state index contributed by atoms with van der Waals surface area (Å²) in [5.74, 6) is 0.646. The molecule has 7 nitrogen and oxygen atoms in total. The van der Waals surface area contributed by atoms with E-state index in [0.29, 0.717) is 18.3 Å². The fourth-order valence-electron chi connectivity index (χ4n) is 1.72. The van der Waals surface area contributed by atoms with Crippen LogP contribution in [-0.2, 0) is 23.6 Å². The fraction of sp³-hybridized carbons (Fsp3) is 0.818. The Hall–Kier alpha value is -0.990. The van der Waals surface area contributed by atoms with Gasteiger partial charge in [0, 0.05) is 13.1 Å². The third-order valence-electron chi connectivity index (χ3n) is 2.95. The molecule has 0 amide bonds. The molecule has 0 bridgehead atoms. The first-order chi connectivity index (χ1) is 9.05. The predicted molar refractivity (Wildman–Crippen MR) is 71.9 cm³/mol. The van der Waals surface area contributed by atoms with Gasteiger partial charge in [-0.2, -0.15) is 5.10 Å². The summed E-state index contributed by atoms with van der Waals surface area (Å²) >= 11 is 0. The molecule has 0 radical (unpaired) electrons. The minimum absolute atomic E-state index is 0.156. The van der Waals surface area contributed by atoms with E-state index < -0.39 is 10.0 Å². The molecule has 0 unspecified atom stereocenters. The van der Waals surface area contributed by atoms with Crippen LogP contribution >= 0.6 is 0 Å². The lowest BCUT2D eigenvalue weighted by atomic mass is 10.3. The summed E-state index contributed by atoms with van der Waals surface area (Å²) in [7, 11) is -1.47. The van der Waals surface area contributed by atoms with E-state index in [1.165, 1.54) is 12.8 Å². The molecule has 0 aromatic carbocycles. The number of nitrogens with one attached hydrogen (secondary N) is 2. The number of aryl methyl sites for hydroxylation is 1. The van der Waals surface area contributed by atoms with Gasteiger partial charge in [0.1, 0.15) is 6.33 Å². The average Bonchev–Trinajstić information content (AvgIpc) is 3.08. The second-order valence-corrected chi connectivity index (χ2v) is 6.84. The second-order valence-electron chi connectivity index (χ2n) is 4.91. The summed E-state index contributed by atoms with van der Waals surface area (Å²) < 4.78 is 27.5. The van der Waals surface area contributed by atoms with Crippen LogP contribution in [0.2, 0.25) is 0 Å². The molecule has 1 aromatic heterocycles. The molecular weight excluding hydrogens is 266 g/mol. The first kappa shape index (κ1) is 14.4. The lowest BCUT2D eigenvalue weighted by molar-refractivity contribution is 0.570. The minimum Gasteiger partial charge on any atom is -0.314 e. The zero-order valence-corrected chi connectivity index (χ0v) is 12.0. The van der Waals surface area contributed by atoms with Crippen LogP contribution in [0.25, 0.3) is 0 Å². The molecule has 1 aliphatic rings. The van der Waals surface area contributed by atoms with Crippen molar-refractivity contribution >= 4 is 10.0 Å². The number of rotatable bonds is 9. The number of aromatic nitrogens is 3. The molecule has 2 rings (SSSR count). The summed E-state index contributed by atoms with van der Waals surface area (Å²) in [6, 6.07) is 0.685. The molecule has 1 aromatic rings. The Balaban J connectivity index is 1.60. The van der Waals surface area contributed by atoms with Crippen LogP contribution in [0.3, 0.4) is 0 Å². The van der Waals surface area contributed by atoms with Crippen molar-refractivity contribution in [3.8, 4) is 0 Å². The van der Waals surface area contributed by atoms with E-state index in [-0.39, 0.29) is 12.3 Å². The van der Waals surface area contributed by atoms with Crippen LogP contribution < -0.4 is 10.0 Å². The summed E-state index contributed by atoms with van der Waals surface area (Å²) in [6.45, 7) is 1.06. The van der Waals surface area contributed by atoms with E-state index in [1.54, 1.807) is 18.1 Å². The smallest absolute Gasteiger partial charge is 0.212 e. The van der Waals surface area contributed by atoms with Crippen molar-refractivity contribution in [1.82, 2.24) is 24.8 Å². The van der Waals surface area contributed by atoms with Crippen molar-refractivity contribution in [2.75, 3.05) is 12.3 Å². The Kier molecular flexibility index (Phi) is 4.89. The van der Waals surface area contributed by atoms with Crippen molar-refractivity contribution in [2.45, 2.75) is 38.3 Å².